The predicted molar refractivity (Wildman–Crippen MR) is 102 cm³/mol. The number of halogens is 1. The van der Waals surface area contributed by atoms with Gasteiger partial charge in [-0.25, -0.2) is 17.5 Å². The van der Waals surface area contributed by atoms with E-state index in [4.69, 9.17) is 9.47 Å². The van der Waals surface area contributed by atoms with Gasteiger partial charge in [-0.3, -0.25) is 0 Å². The summed E-state index contributed by atoms with van der Waals surface area (Å²) in [5.74, 6) is 0.0760. The summed E-state index contributed by atoms with van der Waals surface area (Å²) >= 11 is 3.21. The molecule has 0 amide bonds. The number of carbonyl (C=O) groups is 1. The van der Waals surface area contributed by atoms with Gasteiger partial charge in [-0.1, -0.05) is 19.1 Å². The lowest BCUT2D eigenvalue weighted by atomic mass is 10.2. The molecule has 0 atom stereocenters. The minimum Gasteiger partial charge on any atom is -0.490 e. The molecule has 0 aliphatic heterocycles. The van der Waals surface area contributed by atoms with Crippen molar-refractivity contribution in [3.05, 3.63) is 52.5 Å². The molecule has 0 N–H and O–H groups in total. The van der Waals surface area contributed by atoms with Crippen molar-refractivity contribution in [2.45, 2.75) is 18.2 Å². The van der Waals surface area contributed by atoms with Crippen LogP contribution in [-0.2, 0) is 10.0 Å². The van der Waals surface area contributed by atoms with E-state index in [1.807, 2.05) is 6.92 Å². The Labute approximate surface area is 161 Å². The van der Waals surface area contributed by atoms with Crippen molar-refractivity contribution >= 4 is 31.9 Å². The Morgan fingerprint density at radius 1 is 1.12 bits per heavy atom. The third-order valence-corrected chi connectivity index (χ3v) is 6.25. The van der Waals surface area contributed by atoms with E-state index in [9.17, 15) is 13.2 Å². The van der Waals surface area contributed by atoms with Gasteiger partial charge in [-0.2, -0.15) is 0 Å². The molecule has 140 valence electrons. The largest absolute Gasteiger partial charge is 0.490 e. The van der Waals surface area contributed by atoms with E-state index >= 15 is 0 Å². The van der Waals surface area contributed by atoms with E-state index in [-0.39, 0.29) is 16.2 Å². The van der Waals surface area contributed by atoms with E-state index in [1.165, 1.54) is 32.3 Å². The zero-order chi connectivity index (χ0) is 19.3. The number of hydrogen-bond acceptors (Lipinski definition) is 5. The lowest BCUT2D eigenvalue weighted by molar-refractivity contribution is 0.0728. The number of hydrogen-bond donors (Lipinski definition) is 0. The molecule has 0 spiro atoms. The average Bonchev–Trinajstić information content (AvgIpc) is 2.61. The SMILES string of the molecule is CCCOc1ccccc1OC(=O)c1ccc(Br)c(S(=O)(=O)N(C)C)c1. The van der Waals surface area contributed by atoms with Crippen molar-refractivity contribution < 1.29 is 22.7 Å². The summed E-state index contributed by atoms with van der Waals surface area (Å²) in [7, 11) is -0.853. The van der Waals surface area contributed by atoms with Crippen molar-refractivity contribution in [3.8, 4) is 11.5 Å². The van der Waals surface area contributed by atoms with Crippen LogP contribution in [0.2, 0.25) is 0 Å². The van der Waals surface area contributed by atoms with Crippen molar-refractivity contribution in [2.75, 3.05) is 20.7 Å². The highest BCUT2D eigenvalue weighted by molar-refractivity contribution is 9.10. The summed E-state index contributed by atoms with van der Waals surface area (Å²) < 4.78 is 37.2. The summed E-state index contributed by atoms with van der Waals surface area (Å²) in [6, 6.07) is 11.1. The summed E-state index contributed by atoms with van der Waals surface area (Å²) in [5.41, 5.74) is 0.124. The fraction of sp³-hybridized carbons (Fsp3) is 0.278. The Bertz CT molecular complexity index is 896. The fourth-order valence-corrected chi connectivity index (χ4v) is 3.89. The van der Waals surface area contributed by atoms with Crippen molar-refractivity contribution in [1.29, 1.82) is 0 Å². The molecule has 0 radical (unpaired) electrons. The van der Waals surface area contributed by atoms with Crippen LogP contribution in [0.15, 0.2) is 51.8 Å². The highest BCUT2D eigenvalue weighted by Gasteiger charge is 2.23. The Kier molecular flexibility index (Phi) is 6.80. The van der Waals surface area contributed by atoms with Gasteiger partial charge in [0.2, 0.25) is 10.0 Å². The normalized spacial score (nSPS) is 11.4. The molecule has 0 unspecified atom stereocenters. The first-order valence-electron chi connectivity index (χ1n) is 7.93. The van der Waals surface area contributed by atoms with Crippen molar-refractivity contribution in [2.24, 2.45) is 0 Å². The van der Waals surface area contributed by atoms with Crippen molar-refractivity contribution in [1.82, 2.24) is 4.31 Å². The Hall–Kier alpha value is -1.90. The zero-order valence-electron chi connectivity index (χ0n) is 14.7. The van der Waals surface area contributed by atoms with Gasteiger partial charge in [-0.15, -0.1) is 0 Å². The van der Waals surface area contributed by atoms with Crippen LogP contribution in [-0.4, -0.2) is 39.4 Å². The first kappa shape index (κ1) is 20.4. The van der Waals surface area contributed by atoms with Gasteiger partial charge in [0.25, 0.3) is 0 Å². The first-order chi connectivity index (χ1) is 12.3. The number of nitrogens with zero attached hydrogens (tertiary/aromatic N) is 1. The van der Waals surface area contributed by atoms with Crippen LogP contribution in [0.25, 0.3) is 0 Å². The van der Waals surface area contributed by atoms with E-state index in [2.05, 4.69) is 15.9 Å². The van der Waals surface area contributed by atoms with Crippen LogP contribution in [0.3, 0.4) is 0 Å². The van der Waals surface area contributed by atoms with Crippen LogP contribution in [0.5, 0.6) is 11.5 Å². The van der Waals surface area contributed by atoms with E-state index in [0.717, 1.165) is 10.7 Å². The second-order valence-corrected chi connectivity index (χ2v) is 8.59. The average molecular weight is 442 g/mol. The standard InChI is InChI=1S/C18H20BrNO5S/c1-4-11-24-15-7-5-6-8-16(15)25-18(21)13-9-10-14(19)17(12-13)26(22,23)20(2)3/h5-10,12H,4,11H2,1-3H3. The number of carbonyl (C=O) groups excluding carboxylic acids is 1. The molecule has 2 aromatic carbocycles. The topological polar surface area (TPSA) is 72.9 Å². The first-order valence-corrected chi connectivity index (χ1v) is 10.2. The summed E-state index contributed by atoms with van der Waals surface area (Å²) in [4.78, 5) is 12.5. The van der Waals surface area contributed by atoms with E-state index < -0.39 is 16.0 Å². The van der Waals surface area contributed by atoms with Crippen LogP contribution in [0, 0.1) is 0 Å². The molecule has 0 bridgehead atoms. The molecule has 0 aliphatic carbocycles. The minimum absolute atomic E-state index is 0.00697. The van der Waals surface area contributed by atoms with Gasteiger partial charge in [0.05, 0.1) is 17.1 Å². The molecule has 0 aromatic heterocycles. The van der Waals surface area contributed by atoms with Gasteiger partial charge >= 0.3 is 5.97 Å². The maximum atomic E-state index is 12.5. The monoisotopic (exact) mass is 441 g/mol. The smallest absolute Gasteiger partial charge is 0.343 e. The van der Waals surface area contributed by atoms with Gasteiger partial charge in [0, 0.05) is 18.6 Å². The molecule has 0 fully saturated rings. The number of benzene rings is 2. The molecular formula is C18H20BrNO5S. The van der Waals surface area contributed by atoms with E-state index in [1.54, 1.807) is 24.3 Å². The highest BCUT2D eigenvalue weighted by atomic mass is 79.9. The number of esters is 1. The molecular weight excluding hydrogens is 422 g/mol. The van der Waals surface area contributed by atoms with Gasteiger partial charge < -0.3 is 9.47 Å². The summed E-state index contributed by atoms with van der Waals surface area (Å²) in [6.45, 7) is 2.47. The fourth-order valence-electron chi connectivity index (χ4n) is 2.05. The quantitative estimate of drug-likeness (QED) is 0.483. The molecule has 6 nitrogen and oxygen atoms in total. The number of rotatable bonds is 7. The maximum Gasteiger partial charge on any atom is 0.343 e. The molecule has 0 heterocycles. The van der Waals surface area contributed by atoms with Gasteiger partial charge in [-0.05, 0) is 52.7 Å². The second-order valence-electron chi connectivity index (χ2n) is 5.62. The molecule has 0 saturated carbocycles. The molecule has 0 aliphatic rings. The number of ether oxygens (including phenoxy) is 2. The van der Waals surface area contributed by atoms with Crippen molar-refractivity contribution in [3.63, 3.8) is 0 Å². The minimum atomic E-state index is -3.70. The number of para-hydroxylation sites is 2. The van der Waals surface area contributed by atoms with E-state index in [0.29, 0.717) is 16.8 Å². The van der Waals surface area contributed by atoms with Crippen LogP contribution < -0.4 is 9.47 Å². The van der Waals surface area contributed by atoms with Crippen LogP contribution in [0.1, 0.15) is 23.7 Å². The van der Waals surface area contributed by atoms with Gasteiger partial charge in [0.1, 0.15) is 0 Å². The third-order valence-electron chi connectivity index (χ3n) is 3.44. The molecule has 8 heteroatoms. The number of sulfonamides is 1. The Morgan fingerprint density at radius 3 is 2.38 bits per heavy atom. The Morgan fingerprint density at radius 2 is 1.77 bits per heavy atom. The Balaban J connectivity index is 2.32. The third kappa shape index (κ3) is 4.63. The molecule has 2 aromatic rings. The second kappa shape index (κ2) is 8.66. The molecule has 2 rings (SSSR count). The predicted octanol–water partition coefficient (Wildman–Crippen LogP) is 3.71. The lowest BCUT2D eigenvalue weighted by Gasteiger charge is -2.14. The summed E-state index contributed by atoms with van der Waals surface area (Å²) in [5, 5.41) is 0. The van der Waals surface area contributed by atoms with Crippen LogP contribution >= 0.6 is 15.9 Å². The van der Waals surface area contributed by atoms with Gasteiger partial charge in [0.15, 0.2) is 11.5 Å². The maximum absolute atomic E-state index is 12.5. The lowest BCUT2D eigenvalue weighted by Crippen LogP contribution is -2.23. The zero-order valence-corrected chi connectivity index (χ0v) is 17.1. The molecule has 26 heavy (non-hydrogen) atoms. The van der Waals surface area contributed by atoms with Crippen LogP contribution in [0.4, 0.5) is 0 Å². The highest BCUT2D eigenvalue weighted by Crippen LogP contribution is 2.29. The summed E-state index contributed by atoms with van der Waals surface area (Å²) in [6.07, 6.45) is 0.820. The molecule has 0 saturated heterocycles.